The number of H-pyrrole nitrogens is 1. The highest BCUT2D eigenvalue weighted by atomic mass is 16.3. The molecule has 0 fully saturated rings. The van der Waals surface area contributed by atoms with Crippen molar-refractivity contribution in [2.24, 2.45) is 0 Å². The number of nitrogens with zero attached hydrogens (tertiary/aromatic N) is 3. The Labute approximate surface area is 99.5 Å². The van der Waals surface area contributed by atoms with Gasteiger partial charge in [0.2, 0.25) is 5.82 Å². The van der Waals surface area contributed by atoms with Crippen LogP contribution in [0.4, 0.5) is 0 Å². The first-order valence-corrected chi connectivity index (χ1v) is 5.53. The molecule has 7 nitrogen and oxygen atoms in total. The average Bonchev–Trinajstić information content (AvgIpc) is 2.77. The van der Waals surface area contributed by atoms with Crippen LogP contribution in [-0.4, -0.2) is 62.5 Å². The summed E-state index contributed by atoms with van der Waals surface area (Å²) < 4.78 is 0. The van der Waals surface area contributed by atoms with Crippen LogP contribution in [0.3, 0.4) is 0 Å². The van der Waals surface area contributed by atoms with Crippen molar-refractivity contribution in [2.45, 2.75) is 19.8 Å². The fourth-order valence-corrected chi connectivity index (χ4v) is 1.33. The van der Waals surface area contributed by atoms with E-state index in [0.29, 0.717) is 5.82 Å². The number of rotatable bonds is 6. The minimum atomic E-state index is -0.392. The summed E-state index contributed by atoms with van der Waals surface area (Å²) in [7, 11) is 0. The highest BCUT2D eigenvalue weighted by Crippen LogP contribution is 2.08. The van der Waals surface area contributed by atoms with Gasteiger partial charge in [-0.05, 0) is 0 Å². The molecule has 1 aromatic rings. The van der Waals surface area contributed by atoms with Gasteiger partial charge in [-0.1, -0.05) is 13.8 Å². The number of hydrogen-bond acceptors (Lipinski definition) is 5. The van der Waals surface area contributed by atoms with Gasteiger partial charge in [-0.15, -0.1) is 5.10 Å². The highest BCUT2D eigenvalue weighted by Gasteiger charge is 2.20. The van der Waals surface area contributed by atoms with Crippen LogP contribution in [0.15, 0.2) is 0 Å². The standard InChI is InChI=1S/C10H18N4O3/c1-7(2)8-11-9(13-12-8)10(17)14(3-5-15)4-6-16/h7,15-16H,3-6H2,1-2H3,(H,11,12,13). The van der Waals surface area contributed by atoms with E-state index in [-0.39, 0.29) is 38.0 Å². The second kappa shape index (κ2) is 6.31. The number of aromatic amines is 1. The molecule has 96 valence electrons. The Morgan fingerprint density at radius 3 is 2.35 bits per heavy atom. The van der Waals surface area contributed by atoms with Crippen LogP contribution >= 0.6 is 0 Å². The van der Waals surface area contributed by atoms with E-state index in [9.17, 15) is 4.79 Å². The number of carbonyl (C=O) groups is 1. The normalized spacial score (nSPS) is 10.9. The van der Waals surface area contributed by atoms with Gasteiger partial charge in [0.25, 0.3) is 5.91 Å². The van der Waals surface area contributed by atoms with E-state index in [2.05, 4.69) is 15.2 Å². The van der Waals surface area contributed by atoms with Crippen molar-refractivity contribution < 1.29 is 15.0 Å². The third-order valence-electron chi connectivity index (χ3n) is 2.27. The monoisotopic (exact) mass is 242 g/mol. The first-order valence-electron chi connectivity index (χ1n) is 5.53. The lowest BCUT2D eigenvalue weighted by Gasteiger charge is -2.18. The van der Waals surface area contributed by atoms with Gasteiger partial charge >= 0.3 is 0 Å². The number of aromatic nitrogens is 3. The number of amides is 1. The fraction of sp³-hybridized carbons (Fsp3) is 0.700. The number of hydrogen-bond donors (Lipinski definition) is 3. The summed E-state index contributed by atoms with van der Waals surface area (Å²) in [6, 6.07) is 0. The van der Waals surface area contributed by atoms with E-state index in [1.54, 1.807) is 0 Å². The summed E-state index contributed by atoms with van der Waals surface area (Å²) in [6.07, 6.45) is 0. The molecule has 0 aromatic carbocycles. The molecule has 0 spiro atoms. The second-order valence-electron chi connectivity index (χ2n) is 3.94. The zero-order chi connectivity index (χ0) is 12.8. The van der Waals surface area contributed by atoms with Crippen molar-refractivity contribution in [3.8, 4) is 0 Å². The lowest BCUT2D eigenvalue weighted by Crippen LogP contribution is -2.36. The molecule has 17 heavy (non-hydrogen) atoms. The largest absolute Gasteiger partial charge is 0.395 e. The van der Waals surface area contributed by atoms with E-state index >= 15 is 0 Å². The molecule has 1 amide bonds. The van der Waals surface area contributed by atoms with Crippen LogP contribution in [0.25, 0.3) is 0 Å². The number of nitrogens with one attached hydrogen (secondary N) is 1. The van der Waals surface area contributed by atoms with Crippen LogP contribution in [0.5, 0.6) is 0 Å². The molecule has 0 radical (unpaired) electrons. The van der Waals surface area contributed by atoms with E-state index in [0.717, 1.165) is 0 Å². The Bertz CT molecular complexity index is 358. The van der Waals surface area contributed by atoms with Gasteiger partial charge in [0.15, 0.2) is 0 Å². The maximum Gasteiger partial charge on any atom is 0.293 e. The molecule has 1 aromatic heterocycles. The maximum absolute atomic E-state index is 11.9. The van der Waals surface area contributed by atoms with Crippen molar-refractivity contribution >= 4 is 5.91 Å². The van der Waals surface area contributed by atoms with Crippen LogP contribution in [-0.2, 0) is 0 Å². The van der Waals surface area contributed by atoms with Gasteiger partial charge in [0, 0.05) is 19.0 Å². The molecule has 0 saturated carbocycles. The minimum Gasteiger partial charge on any atom is -0.395 e. The third-order valence-corrected chi connectivity index (χ3v) is 2.27. The summed E-state index contributed by atoms with van der Waals surface area (Å²) in [6.45, 7) is 3.87. The van der Waals surface area contributed by atoms with Crippen molar-refractivity contribution in [1.29, 1.82) is 0 Å². The Morgan fingerprint density at radius 1 is 1.35 bits per heavy atom. The molecule has 0 aliphatic rings. The summed E-state index contributed by atoms with van der Waals surface area (Å²) in [5, 5.41) is 24.2. The molecule has 0 unspecified atom stereocenters. The zero-order valence-electron chi connectivity index (χ0n) is 10.1. The van der Waals surface area contributed by atoms with Crippen LogP contribution in [0.1, 0.15) is 36.2 Å². The van der Waals surface area contributed by atoms with Crippen molar-refractivity contribution in [2.75, 3.05) is 26.3 Å². The van der Waals surface area contributed by atoms with Crippen LogP contribution < -0.4 is 0 Å². The SMILES string of the molecule is CC(C)c1nc(C(=O)N(CCO)CCO)n[nH]1. The van der Waals surface area contributed by atoms with E-state index < -0.39 is 5.91 Å². The molecule has 0 aliphatic heterocycles. The Balaban J connectivity index is 2.77. The van der Waals surface area contributed by atoms with Crippen molar-refractivity contribution in [3.63, 3.8) is 0 Å². The van der Waals surface area contributed by atoms with Crippen LogP contribution in [0.2, 0.25) is 0 Å². The molecule has 7 heteroatoms. The molecule has 1 heterocycles. The molecular weight excluding hydrogens is 224 g/mol. The molecule has 0 bridgehead atoms. The average molecular weight is 242 g/mol. The zero-order valence-corrected chi connectivity index (χ0v) is 10.1. The summed E-state index contributed by atoms with van der Waals surface area (Å²) in [5.74, 6) is 0.473. The van der Waals surface area contributed by atoms with Crippen LogP contribution in [0, 0.1) is 0 Å². The van der Waals surface area contributed by atoms with Gasteiger partial charge in [-0.3, -0.25) is 9.89 Å². The summed E-state index contributed by atoms with van der Waals surface area (Å²) in [4.78, 5) is 17.3. The van der Waals surface area contributed by atoms with Gasteiger partial charge < -0.3 is 15.1 Å². The first kappa shape index (κ1) is 13.6. The van der Waals surface area contributed by atoms with Gasteiger partial charge in [-0.2, -0.15) is 0 Å². The van der Waals surface area contributed by atoms with Gasteiger partial charge in [-0.25, -0.2) is 4.98 Å². The number of aliphatic hydroxyl groups is 2. The lowest BCUT2D eigenvalue weighted by atomic mass is 10.2. The number of carbonyl (C=O) groups excluding carboxylic acids is 1. The first-order chi connectivity index (χ1) is 8.10. The van der Waals surface area contributed by atoms with Crippen molar-refractivity contribution in [1.82, 2.24) is 20.1 Å². The maximum atomic E-state index is 11.9. The summed E-state index contributed by atoms with van der Waals surface area (Å²) >= 11 is 0. The molecular formula is C10H18N4O3. The predicted molar refractivity (Wildman–Crippen MR) is 60.5 cm³/mol. The van der Waals surface area contributed by atoms with Gasteiger partial charge in [0.05, 0.1) is 13.2 Å². The third kappa shape index (κ3) is 3.50. The fourth-order valence-electron chi connectivity index (χ4n) is 1.33. The van der Waals surface area contributed by atoms with Gasteiger partial charge in [0.1, 0.15) is 5.82 Å². The molecule has 0 saturated heterocycles. The Hall–Kier alpha value is -1.47. The number of aliphatic hydroxyl groups excluding tert-OH is 2. The van der Waals surface area contributed by atoms with E-state index in [1.165, 1.54) is 4.90 Å². The topological polar surface area (TPSA) is 102 Å². The molecule has 0 aliphatic carbocycles. The summed E-state index contributed by atoms with van der Waals surface area (Å²) in [5.41, 5.74) is 0. The Kier molecular flexibility index (Phi) is 5.05. The molecule has 3 N–H and O–H groups in total. The van der Waals surface area contributed by atoms with Crippen molar-refractivity contribution in [3.05, 3.63) is 11.6 Å². The molecule has 0 atom stereocenters. The lowest BCUT2D eigenvalue weighted by molar-refractivity contribution is 0.0673. The minimum absolute atomic E-state index is 0.0654. The second-order valence-corrected chi connectivity index (χ2v) is 3.94. The smallest absolute Gasteiger partial charge is 0.293 e. The van der Waals surface area contributed by atoms with E-state index in [4.69, 9.17) is 10.2 Å². The van der Waals surface area contributed by atoms with E-state index in [1.807, 2.05) is 13.8 Å². The predicted octanol–water partition coefficient (Wildman–Crippen LogP) is -0.645. The Morgan fingerprint density at radius 2 is 1.94 bits per heavy atom. The highest BCUT2D eigenvalue weighted by molar-refractivity contribution is 5.90. The quantitative estimate of drug-likeness (QED) is 0.615. The molecule has 1 rings (SSSR count).